The van der Waals surface area contributed by atoms with Crippen LogP contribution in [0.25, 0.3) is 11.2 Å². The van der Waals surface area contributed by atoms with Crippen molar-refractivity contribution in [3.63, 3.8) is 0 Å². The molecule has 4 aromatic rings. The molecule has 5 atom stereocenters. The van der Waals surface area contributed by atoms with Crippen molar-refractivity contribution >= 4 is 45.7 Å². The predicted molar refractivity (Wildman–Crippen MR) is 141 cm³/mol. The van der Waals surface area contributed by atoms with Gasteiger partial charge < -0.3 is 20.1 Å². The van der Waals surface area contributed by atoms with Crippen molar-refractivity contribution in [2.45, 2.75) is 45.1 Å². The summed E-state index contributed by atoms with van der Waals surface area (Å²) in [6.45, 7) is 3.96. The fourth-order valence-corrected chi connectivity index (χ4v) is 6.47. The molecule has 2 aliphatic carbocycles. The Balaban J connectivity index is 1.42. The highest BCUT2D eigenvalue weighted by atomic mass is 35.5. The van der Waals surface area contributed by atoms with E-state index in [9.17, 15) is 15.0 Å². The van der Waals surface area contributed by atoms with E-state index in [4.69, 9.17) is 16.6 Å². The molecule has 10 heteroatoms. The molecule has 0 aliphatic heterocycles. The van der Waals surface area contributed by atoms with Gasteiger partial charge in [0, 0.05) is 16.4 Å². The molecule has 2 aliphatic rings. The van der Waals surface area contributed by atoms with E-state index < -0.39 is 23.7 Å². The van der Waals surface area contributed by atoms with Gasteiger partial charge in [-0.3, -0.25) is 4.79 Å². The molecule has 188 valence electrons. The molecule has 0 radical (unpaired) electrons. The topological polar surface area (TPSA) is 113 Å². The lowest BCUT2D eigenvalue weighted by Crippen LogP contribution is -2.36. The van der Waals surface area contributed by atoms with Gasteiger partial charge in [-0.15, -0.1) is 11.3 Å². The smallest absolute Gasteiger partial charge is 0.209 e. The maximum Gasteiger partial charge on any atom is 0.209 e. The lowest BCUT2D eigenvalue weighted by atomic mass is 9.95. The number of aliphatic hydroxyl groups excluding tert-OH is 2. The molecule has 2 saturated carbocycles. The number of aryl methyl sites for hydroxylation is 1. The Kier molecular flexibility index (Phi) is 5.81. The number of aromatic nitrogens is 4. The number of thiophene rings is 1. The zero-order chi connectivity index (χ0) is 25.9. The van der Waals surface area contributed by atoms with Crippen LogP contribution in [0.5, 0.6) is 0 Å². The van der Waals surface area contributed by atoms with Crippen molar-refractivity contribution in [2.75, 3.05) is 5.32 Å². The fraction of sp³-hybridized carbons (Fsp3) is 0.333. The van der Waals surface area contributed by atoms with E-state index in [1.54, 1.807) is 22.2 Å². The molecule has 8 nitrogen and oxygen atoms in total. The molecule has 3 aromatic heterocycles. The summed E-state index contributed by atoms with van der Waals surface area (Å²) in [7, 11) is 0. The summed E-state index contributed by atoms with van der Waals surface area (Å²) < 4.78 is 1.76. The van der Waals surface area contributed by atoms with Gasteiger partial charge in [-0.2, -0.15) is 0 Å². The summed E-state index contributed by atoms with van der Waals surface area (Å²) in [5, 5.41) is 25.6. The highest BCUT2D eigenvalue weighted by Crippen LogP contribution is 2.68. The van der Waals surface area contributed by atoms with Crippen LogP contribution in [0, 0.1) is 30.1 Å². The minimum atomic E-state index is -1.12. The number of benzene rings is 1. The Morgan fingerprint density at radius 1 is 1.27 bits per heavy atom. The number of carbonyl (C=O) groups is 1. The highest BCUT2D eigenvalue weighted by Gasteiger charge is 2.74. The number of ketones is 1. The molecule has 0 amide bonds. The number of rotatable bonds is 5. The number of nitrogens with zero attached hydrogens (tertiary/aromatic N) is 4. The van der Waals surface area contributed by atoms with Crippen molar-refractivity contribution < 1.29 is 15.0 Å². The third kappa shape index (κ3) is 4.01. The first-order valence-electron chi connectivity index (χ1n) is 12.0. The standard InChI is InChI=1S/C27H24ClN5O3S/c1-14-6-7-18(37-14)8-9-20-31-25(29-12-16-4-3-5-17(28)10-16)21-26(32-20)33(13-30-21)22-19-11-27(19,15(2)34)24(36)23(22)35/h3-7,10,13,19,22-24,35-36H,11-12H2,1-2H3,(H,29,31,32)/t19?,22-,23+,24?,27-/m1/s1. The third-order valence-electron chi connectivity index (χ3n) is 7.46. The summed E-state index contributed by atoms with van der Waals surface area (Å²) in [5.41, 5.74) is 1.07. The normalized spacial score (nSPS) is 26.0. The number of halogens is 1. The number of fused-ring (bicyclic) bond motifs is 2. The van der Waals surface area contributed by atoms with Gasteiger partial charge >= 0.3 is 0 Å². The van der Waals surface area contributed by atoms with Crippen LogP contribution in [0.1, 0.15) is 40.5 Å². The number of hydrogen-bond donors (Lipinski definition) is 3. The average Bonchev–Trinajstić information content (AvgIpc) is 3.12. The molecule has 6 rings (SSSR count). The van der Waals surface area contributed by atoms with Crippen molar-refractivity contribution in [2.24, 2.45) is 11.3 Å². The molecule has 0 spiro atoms. The maximum absolute atomic E-state index is 12.4. The molecule has 3 N–H and O–H groups in total. The molecule has 1 aromatic carbocycles. The largest absolute Gasteiger partial charge is 0.389 e. The van der Waals surface area contributed by atoms with Crippen LogP contribution in [-0.2, 0) is 11.3 Å². The Labute approximate surface area is 222 Å². The van der Waals surface area contributed by atoms with E-state index >= 15 is 0 Å². The van der Waals surface area contributed by atoms with Crippen molar-refractivity contribution in [3.05, 3.63) is 68.9 Å². The highest BCUT2D eigenvalue weighted by molar-refractivity contribution is 7.12. The van der Waals surface area contributed by atoms with E-state index in [-0.39, 0.29) is 11.7 Å². The van der Waals surface area contributed by atoms with Crippen LogP contribution in [-0.4, -0.2) is 47.7 Å². The number of anilines is 1. The Hall–Kier alpha value is -3.29. The summed E-state index contributed by atoms with van der Waals surface area (Å²) in [6, 6.07) is 11.0. The van der Waals surface area contributed by atoms with E-state index in [0.29, 0.717) is 40.8 Å². The molecule has 0 saturated heterocycles. The van der Waals surface area contributed by atoms with E-state index in [1.165, 1.54) is 6.92 Å². The van der Waals surface area contributed by atoms with Gasteiger partial charge in [-0.1, -0.05) is 23.7 Å². The number of nitrogens with one attached hydrogen (secondary N) is 1. The molecule has 3 heterocycles. The second-order valence-corrected chi connectivity index (χ2v) is 11.4. The zero-order valence-electron chi connectivity index (χ0n) is 20.1. The Morgan fingerprint density at radius 3 is 2.81 bits per heavy atom. The summed E-state index contributed by atoms with van der Waals surface area (Å²) in [4.78, 5) is 28.3. The summed E-state index contributed by atoms with van der Waals surface area (Å²) in [5.74, 6) is 6.69. The molecule has 2 unspecified atom stereocenters. The van der Waals surface area contributed by atoms with Gasteiger partial charge in [-0.05, 0) is 67.9 Å². The van der Waals surface area contributed by atoms with Gasteiger partial charge in [0.25, 0.3) is 0 Å². The lowest BCUT2D eigenvalue weighted by Gasteiger charge is -2.23. The van der Waals surface area contributed by atoms with Crippen molar-refractivity contribution in [1.82, 2.24) is 19.5 Å². The summed E-state index contributed by atoms with van der Waals surface area (Å²) in [6.07, 6.45) is -0.110. The van der Waals surface area contributed by atoms with Gasteiger partial charge in [0.1, 0.15) is 11.9 Å². The average molecular weight is 534 g/mol. The van der Waals surface area contributed by atoms with Gasteiger partial charge in [-0.25, -0.2) is 15.0 Å². The van der Waals surface area contributed by atoms with Gasteiger partial charge in [0.05, 0.1) is 28.8 Å². The molecule has 37 heavy (non-hydrogen) atoms. The third-order valence-corrected chi connectivity index (χ3v) is 8.61. The van der Waals surface area contributed by atoms with Crippen LogP contribution >= 0.6 is 22.9 Å². The van der Waals surface area contributed by atoms with E-state index in [2.05, 4.69) is 27.1 Å². The number of carbonyl (C=O) groups excluding carboxylic acids is 1. The fourth-order valence-electron chi connectivity index (χ4n) is 5.54. The number of aliphatic hydroxyl groups is 2. The number of imidazole rings is 1. The van der Waals surface area contributed by atoms with Crippen LogP contribution < -0.4 is 5.32 Å². The summed E-state index contributed by atoms with van der Waals surface area (Å²) >= 11 is 7.74. The Bertz CT molecular complexity index is 1600. The number of hydrogen-bond acceptors (Lipinski definition) is 8. The van der Waals surface area contributed by atoms with Crippen LogP contribution in [0.15, 0.2) is 42.7 Å². The van der Waals surface area contributed by atoms with Gasteiger partial charge in [0.2, 0.25) is 5.82 Å². The van der Waals surface area contributed by atoms with Crippen LogP contribution in [0.3, 0.4) is 0 Å². The molecule has 0 bridgehead atoms. The van der Waals surface area contributed by atoms with Crippen LogP contribution in [0.4, 0.5) is 5.82 Å². The van der Waals surface area contributed by atoms with Crippen molar-refractivity contribution in [3.8, 4) is 11.8 Å². The van der Waals surface area contributed by atoms with Crippen molar-refractivity contribution in [1.29, 1.82) is 0 Å². The molecule has 2 fully saturated rings. The predicted octanol–water partition coefficient (Wildman–Crippen LogP) is 3.73. The second-order valence-electron chi connectivity index (χ2n) is 9.70. The molecular weight excluding hydrogens is 510 g/mol. The Morgan fingerprint density at radius 2 is 2.11 bits per heavy atom. The maximum atomic E-state index is 12.4. The lowest BCUT2D eigenvalue weighted by molar-refractivity contribution is -0.128. The monoisotopic (exact) mass is 533 g/mol. The minimum absolute atomic E-state index is 0.104. The first-order chi connectivity index (χ1) is 17.8. The second kappa shape index (κ2) is 8.92. The molecular formula is C27H24ClN5O3S. The SMILES string of the molecule is CC(=O)[C@]12CC1[C@@H](n1cnc3c(NCc4cccc(Cl)c4)nc(C#Cc4ccc(C)s4)nc31)[C@H](O)C2O. The van der Waals surface area contributed by atoms with E-state index in [1.807, 2.05) is 43.3 Å². The minimum Gasteiger partial charge on any atom is -0.389 e. The zero-order valence-corrected chi connectivity index (χ0v) is 21.7. The first kappa shape index (κ1) is 24.1. The van der Waals surface area contributed by atoms with Crippen LogP contribution in [0.2, 0.25) is 5.02 Å². The van der Waals surface area contributed by atoms with Gasteiger partial charge in [0.15, 0.2) is 17.0 Å². The quantitative estimate of drug-likeness (QED) is 0.335. The van der Waals surface area contributed by atoms with E-state index in [0.717, 1.165) is 15.3 Å². The number of Topliss-reactive ketones (excluding diaryl/α,β-unsaturated/α-hetero) is 1. The first-order valence-corrected chi connectivity index (χ1v) is 13.2.